The molecular weight excluding hydrogens is 416 g/mol. The van der Waals surface area contributed by atoms with Crippen molar-refractivity contribution < 1.29 is 14.4 Å². The largest absolute Gasteiger partial charge is 0.375 e. The molecule has 166 valence electrons. The van der Waals surface area contributed by atoms with Gasteiger partial charge < -0.3 is 21.3 Å². The van der Waals surface area contributed by atoms with Crippen molar-refractivity contribution in [2.24, 2.45) is 0 Å². The van der Waals surface area contributed by atoms with E-state index in [1.165, 1.54) is 0 Å². The summed E-state index contributed by atoms with van der Waals surface area (Å²) < 4.78 is 0. The van der Waals surface area contributed by atoms with Gasteiger partial charge in [-0.3, -0.25) is 14.4 Å². The average Bonchev–Trinajstić information content (AvgIpc) is 2.74. The van der Waals surface area contributed by atoms with E-state index in [0.717, 1.165) is 12.8 Å². The zero-order valence-corrected chi connectivity index (χ0v) is 18.8. The predicted molar refractivity (Wildman–Crippen MR) is 126 cm³/mol. The van der Waals surface area contributed by atoms with E-state index in [1.807, 2.05) is 20.8 Å². The van der Waals surface area contributed by atoms with Crippen LogP contribution in [0.15, 0.2) is 42.5 Å². The van der Waals surface area contributed by atoms with Crippen LogP contribution in [0.2, 0.25) is 5.02 Å². The molecule has 0 aliphatic carbocycles. The molecule has 2 aromatic rings. The van der Waals surface area contributed by atoms with Gasteiger partial charge in [-0.25, -0.2) is 0 Å². The molecule has 0 heterocycles. The quantitative estimate of drug-likeness (QED) is 0.428. The van der Waals surface area contributed by atoms with Crippen molar-refractivity contribution in [2.75, 3.05) is 22.5 Å². The van der Waals surface area contributed by atoms with Crippen LogP contribution in [0, 0.1) is 0 Å². The Morgan fingerprint density at radius 3 is 2.23 bits per heavy atom. The second-order valence-corrected chi connectivity index (χ2v) is 7.66. The molecule has 8 heteroatoms. The predicted octanol–water partition coefficient (Wildman–Crippen LogP) is 4.66. The molecule has 7 nitrogen and oxygen atoms in total. The summed E-state index contributed by atoms with van der Waals surface area (Å²) in [5.74, 6) is -0.488. The maximum absolute atomic E-state index is 12.3. The fourth-order valence-corrected chi connectivity index (χ4v) is 2.87. The second-order valence-electron chi connectivity index (χ2n) is 7.25. The number of benzene rings is 2. The lowest BCUT2D eigenvalue weighted by Crippen LogP contribution is -2.31. The topological polar surface area (TPSA) is 99.3 Å². The van der Waals surface area contributed by atoms with Crippen LogP contribution in [0.3, 0.4) is 0 Å². The minimum atomic E-state index is -0.270. The van der Waals surface area contributed by atoms with E-state index in [2.05, 4.69) is 21.3 Å². The molecule has 31 heavy (non-hydrogen) atoms. The Kier molecular flexibility index (Phi) is 9.34. The Hall–Kier alpha value is -3.06. The minimum Gasteiger partial charge on any atom is -0.375 e. The summed E-state index contributed by atoms with van der Waals surface area (Å²) in [7, 11) is 0. The molecule has 0 aliphatic rings. The molecule has 0 aromatic heterocycles. The monoisotopic (exact) mass is 444 g/mol. The average molecular weight is 445 g/mol. The van der Waals surface area contributed by atoms with E-state index >= 15 is 0 Å². The highest BCUT2D eigenvalue weighted by atomic mass is 35.5. The van der Waals surface area contributed by atoms with E-state index in [4.69, 9.17) is 11.6 Å². The number of rotatable bonds is 10. The van der Waals surface area contributed by atoms with Crippen LogP contribution in [0.5, 0.6) is 0 Å². The molecule has 0 fully saturated rings. The molecule has 0 bridgehead atoms. The van der Waals surface area contributed by atoms with Crippen LogP contribution in [-0.2, 0) is 9.59 Å². The number of hydrogen-bond acceptors (Lipinski definition) is 4. The number of nitrogens with one attached hydrogen (secondary N) is 4. The lowest BCUT2D eigenvalue weighted by molar-refractivity contribution is -0.116. The summed E-state index contributed by atoms with van der Waals surface area (Å²) in [6, 6.07) is 11.9. The van der Waals surface area contributed by atoms with Gasteiger partial charge >= 0.3 is 0 Å². The molecule has 1 unspecified atom stereocenters. The van der Waals surface area contributed by atoms with Crippen molar-refractivity contribution in [2.45, 2.75) is 46.1 Å². The first-order chi connectivity index (χ1) is 14.8. The summed E-state index contributed by atoms with van der Waals surface area (Å²) in [6.45, 7) is 5.87. The standard InChI is InChI=1S/C23H29ClN4O3/c1-4-6-21(29)28-18-11-12-19(24)20(13-18)25-14-22(30)27-17-9-7-16(8-10-17)23(31)26-15(3)5-2/h7-13,15,25H,4-6,14H2,1-3H3,(H,26,31)(H,27,30)(H,28,29). The summed E-state index contributed by atoms with van der Waals surface area (Å²) in [5.41, 5.74) is 2.27. The van der Waals surface area contributed by atoms with Crippen LogP contribution in [-0.4, -0.2) is 30.3 Å². The second kappa shape index (κ2) is 12.0. The molecule has 1 atom stereocenters. The molecular formula is C23H29ClN4O3. The van der Waals surface area contributed by atoms with Gasteiger partial charge in [0.2, 0.25) is 11.8 Å². The Bertz CT molecular complexity index is 916. The Balaban J connectivity index is 1.90. The maximum Gasteiger partial charge on any atom is 0.251 e. The number of carbonyl (C=O) groups excluding carboxylic acids is 3. The fourth-order valence-electron chi connectivity index (χ4n) is 2.68. The molecule has 2 rings (SSSR count). The van der Waals surface area contributed by atoms with Gasteiger partial charge in [0.25, 0.3) is 5.91 Å². The van der Waals surface area contributed by atoms with Crippen molar-refractivity contribution in [3.63, 3.8) is 0 Å². The van der Waals surface area contributed by atoms with Crippen LogP contribution < -0.4 is 21.3 Å². The van der Waals surface area contributed by atoms with Gasteiger partial charge in [0.05, 0.1) is 17.3 Å². The van der Waals surface area contributed by atoms with Crippen LogP contribution in [0.25, 0.3) is 0 Å². The first-order valence-corrected chi connectivity index (χ1v) is 10.7. The van der Waals surface area contributed by atoms with E-state index in [1.54, 1.807) is 42.5 Å². The van der Waals surface area contributed by atoms with E-state index in [0.29, 0.717) is 34.1 Å². The third kappa shape index (κ3) is 7.94. The number of carbonyl (C=O) groups is 3. The summed E-state index contributed by atoms with van der Waals surface area (Å²) in [5, 5.41) is 11.9. The smallest absolute Gasteiger partial charge is 0.251 e. The Labute approximate surface area is 187 Å². The zero-order chi connectivity index (χ0) is 22.8. The number of anilines is 3. The highest BCUT2D eigenvalue weighted by molar-refractivity contribution is 6.33. The van der Waals surface area contributed by atoms with E-state index in [-0.39, 0.29) is 30.3 Å². The molecule has 4 N–H and O–H groups in total. The van der Waals surface area contributed by atoms with Gasteiger partial charge in [0.1, 0.15) is 0 Å². The first-order valence-electron chi connectivity index (χ1n) is 10.4. The highest BCUT2D eigenvalue weighted by Gasteiger charge is 2.10. The fraction of sp³-hybridized carbons (Fsp3) is 0.348. The van der Waals surface area contributed by atoms with Crippen molar-refractivity contribution in [3.05, 3.63) is 53.1 Å². The molecule has 0 radical (unpaired) electrons. The van der Waals surface area contributed by atoms with Gasteiger partial charge in [-0.1, -0.05) is 25.4 Å². The first kappa shape index (κ1) is 24.2. The van der Waals surface area contributed by atoms with Crippen LogP contribution >= 0.6 is 11.6 Å². The summed E-state index contributed by atoms with van der Waals surface area (Å²) in [6.07, 6.45) is 2.05. The third-order valence-electron chi connectivity index (χ3n) is 4.59. The van der Waals surface area contributed by atoms with Gasteiger partial charge in [-0.05, 0) is 62.2 Å². The van der Waals surface area contributed by atoms with Crippen LogP contribution in [0.1, 0.15) is 50.4 Å². The summed E-state index contributed by atoms with van der Waals surface area (Å²) >= 11 is 6.19. The molecule has 0 saturated heterocycles. The summed E-state index contributed by atoms with van der Waals surface area (Å²) in [4.78, 5) is 36.2. The lowest BCUT2D eigenvalue weighted by atomic mass is 10.1. The molecule has 0 aliphatic heterocycles. The lowest BCUT2D eigenvalue weighted by Gasteiger charge is -2.13. The number of amides is 3. The zero-order valence-electron chi connectivity index (χ0n) is 18.0. The maximum atomic E-state index is 12.3. The normalized spacial score (nSPS) is 11.4. The van der Waals surface area contributed by atoms with E-state index < -0.39 is 0 Å². The Morgan fingerprint density at radius 1 is 0.935 bits per heavy atom. The number of halogens is 1. The molecule has 0 saturated carbocycles. The van der Waals surface area contributed by atoms with Gasteiger partial charge in [-0.15, -0.1) is 0 Å². The number of hydrogen-bond donors (Lipinski definition) is 4. The van der Waals surface area contributed by atoms with Crippen molar-refractivity contribution >= 4 is 46.4 Å². The SMILES string of the molecule is CCCC(=O)Nc1ccc(Cl)c(NCC(=O)Nc2ccc(C(=O)NC(C)CC)cc2)c1. The van der Waals surface area contributed by atoms with Gasteiger partial charge in [-0.2, -0.15) is 0 Å². The van der Waals surface area contributed by atoms with Crippen LogP contribution in [0.4, 0.5) is 17.1 Å². The van der Waals surface area contributed by atoms with Crippen molar-refractivity contribution in [1.29, 1.82) is 0 Å². The van der Waals surface area contributed by atoms with Crippen molar-refractivity contribution in [3.8, 4) is 0 Å². The van der Waals surface area contributed by atoms with E-state index in [9.17, 15) is 14.4 Å². The molecule has 2 aromatic carbocycles. The molecule has 3 amide bonds. The van der Waals surface area contributed by atoms with Crippen molar-refractivity contribution in [1.82, 2.24) is 5.32 Å². The van der Waals surface area contributed by atoms with Gasteiger partial charge in [0, 0.05) is 29.4 Å². The molecule has 0 spiro atoms. The third-order valence-corrected chi connectivity index (χ3v) is 4.92. The van der Waals surface area contributed by atoms with Gasteiger partial charge in [0.15, 0.2) is 0 Å². The minimum absolute atomic E-state index is 0.0116. The Morgan fingerprint density at radius 2 is 1.58 bits per heavy atom. The highest BCUT2D eigenvalue weighted by Crippen LogP contribution is 2.25.